The second-order valence-electron chi connectivity index (χ2n) is 5.44. The van der Waals surface area contributed by atoms with Gasteiger partial charge in [0.05, 0.1) is 6.61 Å². The lowest BCUT2D eigenvalue weighted by atomic mass is 10.1. The van der Waals surface area contributed by atoms with E-state index < -0.39 is 12.0 Å². The van der Waals surface area contributed by atoms with Crippen molar-refractivity contribution in [3.05, 3.63) is 0 Å². The Morgan fingerprint density at radius 1 is 1.24 bits per heavy atom. The van der Waals surface area contributed by atoms with Crippen LogP contribution in [0.15, 0.2) is 0 Å². The molecule has 1 unspecified atom stereocenters. The molecule has 0 aliphatic heterocycles. The maximum Gasteiger partial charge on any atom is 0.323 e. The highest BCUT2D eigenvalue weighted by Crippen LogP contribution is 2.05. The van der Waals surface area contributed by atoms with Gasteiger partial charge in [-0.1, -0.05) is 27.7 Å². The zero-order valence-electron chi connectivity index (χ0n) is 11.8. The number of ether oxygens (including phenoxy) is 1. The van der Waals surface area contributed by atoms with Crippen molar-refractivity contribution in [2.24, 2.45) is 11.8 Å². The molecule has 0 amide bonds. The fourth-order valence-corrected chi connectivity index (χ4v) is 1.60. The minimum absolute atomic E-state index is 0.269. The SMILES string of the molecule is CC(C)CCOCC(C(=O)O)N(C)CC(C)C. The van der Waals surface area contributed by atoms with Crippen LogP contribution in [0.1, 0.15) is 34.1 Å². The lowest BCUT2D eigenvalue weighted by Gasteiger charge is -2.26. The van der Waals surface area contributed by atoms with Crippen LogP contribution in [0.2, 0.25) is 0 Å². The maximum absolute atomic E-state index is 11.1. The Morgan fingerprint density at radius 3 is 2.24 bits per heavy atom. The molecular formula is C13H27NO3. The van der Waals surface area contributed by atoms with Gasteiger partial charge in [-0.05, 0) is 25.3 Å². The fraction of sp³-hybridized carbons (Fsp3) is 0.923. The molecule has 0 saturated carbocycles. The number of aliphatic carboxylic acids is 1. The van der Waals surface area contributed by atoms with Gasteiger partial charge in [-0.15, -0.1) is 0 Å². The topological polar surface area (TPSA) is 49.8 Å². The third-order valence-electron chi connectivity index (χ3n) is 2.59. The molecular weight excluding hydrogens is 218 g/mol. The number of carbonyl (C=O) groups is 1. The molecule has 0 aromatic heterocycles. The number of likely N-dealkylation sites (N-methyl/N-ethyl adjacent to an activating group) is 1. The van der Waals surface area contributed by atoms with Gasteiger partial charge >= 0.3 is 5.97 Å². The van der Waals surface area contributed by atoms with Gasteiger partial charge in [0.25, 0.3) is 0 Å². The average Bonchev–Trinajstić information content (AvgIpc) is 2.14. The summed E-state index contributed by atoms with van der Waals surface area (Å²) >= 11 is 0. The van der Waals surface area contributed by atoms with E-state index in [1.165, 1.54) is 0 Å². The summed E-state index contributed by atoms with van der Waals surface area (Å²) in [6.45, 7) is 10.1. The molecule has 0 spiro atoms. The van der Waals surface area contributed by atoms with Crippen molar-refractivity contribution in [1.82, 2.24) is 4.90 Å². The van der Waals surface area contributed by atoms with Crippen molar-refractivity contribution < 1.29 is 14.6 Å². The summed E-state index contributed by atoms with van der Waals surface area (Å²) in [5, 5.41) is 9.14. The number of hydrogen-bond acceptors (Lipinski definition) is 3. The number of carboxylic acids is 1. The molecule has 17 heavy (non-hydrogen) atoms. The number of nitrogens with zero attached hydrogens (tertiary/aromatic N) is 1. The van der Waals surface area contributed by atoms with Crippen LogP contribution in [-0.2, 0) is 9.53 Å². The molecule has 0 bridgehead atoms. The first-order valence-electron chi connectivity index (χ1n) is 6.35. The summed E-state index contributed by atoms with van der Waals surface area (Å²) in [6.07, 6.45) is 0.972. The normalized spacial score (nSPS) is 13.6. The van der Waals surface area contributed by atoms with Crippen LogP contribution in [-0.4, -0.2) is 48.8 Å². The number of rotatable bonds is 9. The van der Waals surface area contributed by atoms with Crippen molar-refractivity contribution in [2.75, 3.05) is 26.8 Å². The molecule has 0 aromatic carbocycles. The molecule has 1 N–H and O–H groups in total. The molecule has 0 radical (unpaired) electrons. The van der Waals surface area contributed by atoms with Gasteiger partial charge < -0.3 is 9.84 Å². The molecule has 1 atom stereocenters. The zero-order valence-corrected chi connectivity index (χ0v) is 11.8. The maximum atomic E-state index is 11.1. The van der Waals surface area contributed by atoms with E-state index in [9.17, 15) is 4.79 Å². The van der Waals surface area contributed by atoms with E-state index >= 15 is 0 Å². The largest absolute Gasteiger partial charge is 0.480 e. The molecule has 0 saturated heterocycles. The van der Waals surface area contributed by atoms with Crippen molar-refractivity contribution in [3.63, 3.8) is 0 Å². The Labute approximate surface area is 105 Å². The van der Waals surface area contributed by atoms with Gasteiger partial charge in [-0.25, -0.2) is 0 Å². The summed E-state index contributed by atoms with van der Waals surface area (Å²) in [5.74, 6) is 0.238. The lowest BCUT2D eigenvalue weighted by Crippen LogP contribution is -2.43. The highest BCUT2D eigenvalue weighted by Gasteiger charge is 2.23. The highest BCUT2D eigenvalue weighted by molar-refractivity contribution is 5.73. The van der Waals surface area contributed by atoms with E-state index in [-0.39, 0.29) is 6.61 Å². The second kappa shape index (κ2) is 8.48. The summed E-state index contributed by atoms with van der Waals surface area (Å²) in [4.78, 5) is 13.0. The minimum atomic E-state index is -0.808. The fourth-order valence-electron chi connectivity index (χ4n) is 1.60. The highest BCUT2D eigenvalue weighted by atomic mass is 16.5. The zero-order chi connectivity index (χ0) is 13.4. The lowest BCUT2D eigenvalue weighted by molar-refractivity contribution is -0.145. The van der Waals surface area contributed by atoms with Gasteiger partial charge in [0.2, 0.25) is 0 Å². The monoisotopic (exact) mass is 245 g/mol. The third kappa shape index (κ3) is 8.16. The van der Waals surface area contributed by atoms with Gasteiger partial charge in [0.15, 0.2) is 0 Å². The summed E-state index contributed by atoms with van der Waals surface area (Å²) in [5.41, 5.74) is 0. The van der Waals surface area contributed by atoms with E-state index in [0.29, 0.717) is 18.4 Å². The van der Waals surface area contributed by atoms with Crippen LogP contribution in [0.5, 0.6) is 0 Å². The molecule has 102 valence electrons. The molecule has 4 nitrogen and oxygen atoms in total. The van der Waals surface area contributed by atoms with E-state index in [1.807, 2.05) is 11.9 Å². The molecule has 4 heteroatoms. The second-order valence-corrected chi connectivity index (χ2v) is 5.44. The van der Waals surface area contributed by atoms with Gasteiger partial charge in [-0.2, -0.15) is 0 Å². The van der Waals surface area contributed by atoms with Crippen LogP contribution in [0.3, 0.4) is 0 Å². The standard InChI is InChI=1S/C13H27NO3/c1-10(2)6-7-17-9-12(13(15)16)14(5)8-11(3)4/h10-12H,6-9H2,1-5H3,(H,15,16). The minimum Gasteiger partial charge on any atom is -0.480 e. The van der Waals surface area contributed by atoms with Gasteiger partial charge in [-0.3, -0.25) is 9.69 Å². The predicted octanol–water partition coefficient (Wildman–Crippen LogP) is 2.09. The van der Waals surface area contributed by atoms with Gasteiger partial charge in [0.1, 0.15) is 6.04 Å². The predicted molar refractivity (Wildman–Crippen MR) is 69.2 cm³/mol. The van der Waals surface area contributed by atoms with E-state index in [4.69, 9.17) is 9.84 Å². The Balaban J connectivity index is 4.02. The van der Waals surface area contributed by atoms with Crippen LogP contribution in [0, 0.1) is 11.8 Å². The van der Waals surface area contributed by atoms with Gasteiger partial charge in [0, 0.05) is 13.2 Å². The van der Waals surface area contributed by atoms with Crippen LogP contribution in [0.4, 0.5) is 0 Å². The van der Waals surface area contributed by atoms with E-state index in [1.54, 1.807) is 0 Å². The molecule has 0 fully saturated rings. The Hall–Kier alpha value is -0.610. The first-order chi connectivity index (χ1) is 7.84. The van der Waals surface area contributed by atoms with Crippen LogP contribution in [0.25, 0.3) is 0 Å². The van der Waals surface area contributed by atoms with Crippen molar-refractivity contribution in [1.29, 1.82) is 0 Å². The Kier molecular flexibility index (Phi) is 8.17. The van der Waals surface area contributed by atoms with E-state index in [0.717, 1.165) is 13.0 Å². The van der Waals surface area contributed by atoms with E-state index in [2.05, 4.69) is 27.7 Å². The summed E-state index contributed by atoms with van der Waals surface area (Å²) in [6, 6.07) is -0.537. The third-order valence-corrected chi connectivity index (χ3v) is 2.59. The van der Waals surface area contributed by atoms with Crippen LogP contribution < -0.4 is 0 Å². The van der Waals surface area contributed by atoms with Crippen molar-refractivity contribution in [3.8, 4) is 0 Å². The Bertz CT molecular complexity index is 217. The molecule has 0 aliphatic carbocycles. The summed E-state index contributed by atoms with van der Waals surface area (Å²) < 4.78 is 5.45. The first-order valence-corrected chi connectivity index (χ1v) is 6.35. The van der Waals surface area contributed by atoms with Crippen molar-refractivity contribution >= 4 is 5.97 Å². The molecule has 0 aliphatic rings. The average molecular weight is 245 g/mol. The quantitative estimate of drug-likeness (QED) is 0.632. The Morgan fingerprint density at radius 2 is 1.82 bits per heavy atom. The van der Waals surface area contributed by atoms with Crippen LogP contribution >= 0.6 is 0 Å². The molecule has 0 heterocycles. The number of carboxylic acid groups (broad SMARTS) is 1. The smallest absolute Gasteiger partial charge is 0.323 e. The molecule has 0 rings (SSSR count). The first kappa shape index (κ1) is 16.4. The van der Waals surface area contributed by atoms with Crippen molar-refractivity contribution in [2.45, 2.75) is 40.2 Å². The summed E-state index contributed by atoms with van der Waals surface area (Å²) in [7, 11) is 1.84. The number of hydrogen-bond donors (Lipinski definition) is 1. The molecule has 0 aromatic rings.